The molecule has 0 aromatic carbocycles. The topological polar surface area (TPSA) is 19.4 Å². The minimum Gasteiger partial charge on any atom is -0.354 e. The van der Waals surface area contributed by atoms with Crippen molar-refractivity contribution in [2.24, 2.45) is 17.8 Å². The highest BCUT2D eigenvalue weighted by molar-refractivity contribution is 5.39. The number of rotatable bonds is 3. The Hall–Kier alpha value is -1.35. The highest BCUT2D eigenvalue weighted by Gasteiger charge is 2.30. The fourth-order valence-corrected chi connectivity index (χ4v) is 23.4. The largest absolute Gasteiger partial charge is 0.354 e. The molecule has 3 heteroatoms. The predicted molar refractivity (Wildman–Crippen MR) is 585 cm³/mol. The van der Waals surface area contributed by atoms with Crippen LogP contribution >= 0.6 is 0 Å². The van der Waals surface area contributed by atoms with E-state index < -0.39 is 0 Å². The molecule has 0 amide bonds. The Morgan fingerprint density at radius 1 is 0.194 bits per heavy atom. The zero-order valence-electron chi connectivity index (χ0n) is 89.3. The van der Waals surface area contributed by atoms with E-state index in [0.29, 0.717) is 0 Å². The third-order valence-electron chi connectivity index (χ3n) is 32.5. The molecule has 2 heterocycles. The third kappa shape index (κ3) is 85.6. The molecule has 0 N–H and O–H groups in total. The SMILES string of the molecule is Cc1cccc(N2CCN(CC3CC4C=CC3CCCCCCCCCCCCCCCCCCCCCCCCCCCCCCCCCCCCCCCCCCCCCCCCCCCCCCCCCCCCCCCCCCCCCCCCCCCCCCCCCCCCCCCCCCCCCCCCCCCCCCCCCCCCC4)CC2)n1. The summed E-state index contributed by atoms with van der Waals surface area (Å²) in [7, 11) is 0. The van der Waals surface area contributed by atoms with Crippen molar-refractivity contribution in [1.29, 1.82) is 0 Å². The molecule has 3 atom stereocenters. The molecule has 129 heavy (non-hydrogen) atoms. The van der Waals surface area contributed by atoms with Gasteiger partial charge in [0.05, 0.1) is 0 Å². The molecule has 3 aliphatic carbocycles. The van der Waals surface area contributed by atoms with Crippen LogP contribution in [0.5, 0.6) is 0 Å². The van der Waals surface area contributed by atoms with Crippen molar-refractivity contribution in [2.75, 3.05) is 37.6 Å². The van der Waals surface area contributed by atoms with Gasteiger partial charge in [-0.3, -0.25) is 4.90 Å². The molecule has 0 spiro atoms. The first-order chi connectivity index (χ1) is 64.3. The summed E-state index contributed by atoms with van der Waals surface area (Å²) in [4.78, 5) is 10.3. The van der Waals surface area contributed by atoms with E-state index >= 15 is 0 Å². The molecule has 1 aromatic heterocycles. The summed E-state index contributed by atoms with van der Waals surface area (Å²) >= 11 is 0. The summed E-state index contributed by atoms with van der Waals surface area (Å²) in [5, 5.41) is 0. The van der Waals surface area contributed by atoms with E-state index in [9.17, 15) is 0 Å². The molecular formula is C126H241N3. The van der Waals surface area contributed by atoms with Crippen molar-refractivity contribution in [1.82, 2.24) is 9.88 Å². The summed E-state index contributed by atoms with van der Waals surface area (Å²) in [5.74, 6) is 3.60. The third-order valence-corrected chi connectivity index (χ3v) is 32.5. The minimum absolute atomic E-state index is 0.784. The molecule has 4 aliphatic rings. The van der Waals surface area contributed by atoms with Crippen LogP contribution in [0.1, 0.15) is 712 Å². The number of aryl methyl sites for hydroxylation is 1. The van der Waals surface area contributed by atoms with Crippen LogP contribution in [0.3, 0.4) is 0 Å². The van der Waals surface area contributed by atoms with Crippen LogP contribution < -0.4 is 4.90 Å². The highest BCUT2D eigenvalue weighted by atomic mass is 15.3. The molecule has 3 nitrogen and oxygen atoms in total. The van der Waals surface area contributed by atoms with Crippen LogP contribution in [0, 0.1) is 24.7 Å². The molecule has 0 radical (unpaired) electrons. The predicted octanol–water partition coefficient (Wildman–Crippen LogP) is 44.9. The maximum Gasteiger partial charge on any atom is 0.128 e. The molecule has 2 fully saturated rings. The quantitative estimate of drug-likeness (QED) is 0.281. The molecule has 5 rings (SSSR count). The van der Waals surface area contributed by atoms with Crippen LogP contribution in [0.15, 0.2) is 30.4 Å². The maximum absolute atomic E-state index is 4.89. The number of pyridine rings is 1. The van der Waals surface area contributed by atoms with E-state index in [0.717, 1.165) is 36.5 Å². The number of aromatic nitrogens is 1. The molecule has 2 bridgehead atoms. The van der Waals surface area contributed by atoms with Gasteiger partial charge in [-0.1, -0.05) is 705 Å². The summed E-state index contributed by atoms with van der Waals surface area (Å²) < 4.78 is 0. The highest BCUT2D eigenvalue weighted by Crippen LogP contribution is 2.37. The Labute approximate surface area is 815 Å². The van der Waals surface area contributed by atoms with Gasteiger partial charge in [-0.2, -0.15) is 0 Å². The number of piperazine rings is 1. The Morgan fingerprint density at radius 2 is 0.357 bits per heavy atom. The molecule has 3 unspecified atom stereocenters. The molecule has 1 saturated heterocycles. The zero-order chi connectivity index (χ0) is 90.6. The lowest BCUT2D eigenvalue weighted by Crippen LogP contribution is -2.49. The van der Waals surface area contributed by atoms with Crippen molar-refractivity contribution < 1.29 is 0 Å². The van der Waals surface area contributed by atoms with Crippen molar-refractivity contribution >= 4 is 5.82 Å². The van der Waals surface area contributed by atoms with Gasteiger partial charge in [0, 0.05) is 38.4 Å². The molecule has 1 saturated carbocycles. The Kier molecular flexibility index (Phi) is 94.0. The first-order valence-electron chi connectivity index (χ1n) is 62.4. The number of anilines is 1. The first-order valence-corrected chi connectivity index (χ1v) is 62.4. The summed E-state index contributed by atoms with van der Waals surface area (Å²) in [6, 6.07) is 6.55. The van der Waals surface area contributed by atoms with E-state index in [2.05, 4.69) is 47.1 Å². The second-order valence-electron chi connectivity index (χ2n) is 45.1. The van der Waals surface area contributed by atoms with Crippen LogP contribution in [0.4, 0.5) is 5.82 Å². The van der Waals surface area contributed by atoms with Gasteiger partial charge < -0.3 is 4.90 Å². The van der Waals surface area contributed by atoms with Crippen LogP contribution in [-0.4, -0.2) is 42.6 Å². The van der Waals surface area contributed by atoms with Crippen molar-refractivity contribution in [2.45, 2.75) is 713 Å². The smallest absolute Gasteiger partial charge is 0.128 e. The standard InChI is InChI=1S/C126H241N3/c1-122-110-109-113-126(127-122)129-118-116-128(117-119-129)121-125-120-123-111-107-105-103-101-99-97-95-93-91-89-87-85-83-81-79-77-75-73-71-69-67-65-63-61-59-57-55-53-51-49-47-45-43-41-39-37-35-33-31-29-27-25-23-21-19-17-15-13-11-9-7-5-3-2-4-6-8-10-12-14-16-18-20-22-24-26-28-30-32-34-36-38-40-42-44-46-48-50-52-54-56-58-60-62-64-66-68-70-72-74-76-78-80-82-84-86-88-90-92-94-96-98-100-102-104-106-108-112-124(125)115-114-123/h109-110,113-115,123-125H,2-108,111-112,116-121H2,1H3. The minimum atomic E-state index is 0.784. The monoisotopic (exact) mass is 1800 g/mol. The van der Waals surface area contributed by atoms with Crippen molar-refractivity contribution in [3.05, 3.63) is 36.0 Å². The average Bonchev–Trinajstić information content (AvgIpc) is 0.833. The van der Waals surface area contributed by atoms with Gasteiger partial charge in [-0.25, -0.2) is 4.98 Å². The van der Waals surface area contributed by atoms with E-state index in [1.165, 1.54) is 732 Å². The van der Waals surface area contributed by atoms with Gasteiger partial charge in [0.25, 0.3) is 0 Å². The number of hydrogen-bond acceptors (Lipinski definition) is 3. The van der Waals surface area contributed by atoms with Crippen molar-refractivity contribution in [3.8, 4) is 0 Å². The van der Waals surface area contributed by atoms with Crippen LogP contribution in [0.2, 0.25) is 0 Å². The molecular weight excluding hydrogens is 1560 g/mol. The summed E-state index contributed by atoms with van der Waals surface area (Å²) in [6.45, 7) is 8.05. The summed E-state index contributed by atoms with van der Waals surface area (Å²) in [6.07, 6.45) is 169. The number of nitrogens with zero attached hydrogens (tertiary/aromatic N) is 3. The fourth-order valence-electron chi connectivity index (χ4n) is 23.4. The van der Waals surface area contributed by atoms with Gasteiger partial charge in [-0.05, 0) is 56.1 Å². The van der Waals surface area contributed by atoms with Crippen molar-refractivity contribution in [3.63, 3.8) is 0 Å². The van der Waals surface area contributed by atoms with Gasteiger partial charge in [0.1, 0.15) is 5.82 Å². The second-order valence-corrected chi connectivity index (χ2v) is 45.1. The van der Waals surface area contributed by atoms with Gasteiger partial charge in [-0.15, -0.1) is 0 Å². The van der Waals surface area contributed by atoms with Gasteiger partial charge >= 0.3 is 0 Å². The maximum atomic E-state index is 4.89. The van der Waals surface area contributed by atoms with E-state index in [1.807, 2.05) is 0 Å². The lowest BCUT2D eigenvalue weighted by Gasteiger charge is -2.40. The lowest BCUT2D eigenvalue weighted by molar-refractivity contribution is 0.165. The molecule has 1 aromatic rings. The normalized spacial score (nSPS) is 25.3. The number of fused-ring (bicyclic) bond motifs is 109. The Bertz CT molecular complexity index is 2240. The summed E-state index contributed by atoms with van der Waals surface area (Å²) in [5.41, 5.74) is 1.14. The first kappa shape index (κ1) is 120. The van der Waals surface area contributed by atoms with E-state index in [-0.39, 0.29) is 0 Å². The fraction of sp³-hybridized carbons (Fsp3) is 0.944. The molecule has 1 aliphatic heterocycles. The second kappa shape index (κ2) is 101. The van der Waals surface area contributed by atoms with Gasteiger partial charge in [0.2, 0.25) is 0 Å². The van der Waals surface area contributed by atoms with E-state index in [4.69, 9.17) is 4.98 Å². The van der Waals surface area contributed by atoms with Crippen LogP contribution in [-0.2, 0) is 0 Å². The van der Waals surface area contributed by atoms with E-state index in [1.54, 1.807) is 0 Å². The average molecular weight is 1800 g/mol. The number of hydrogen-bond donors (Lipinski definition) is 0. The Morgan fingerprint density at radius 3 is 0.527 bits per heavy atom. The van der Waals surface area contributed by atoms with Crippen LogP contribution in [0.25, 0.3) is 0 Å². The number of allylic oxidation sites excluding steroid dienone is 2. The lowest BCUT2D eigenvalue weighted by atomic mass is 9.75. The van der Waals surface area contributed by atoms with Gasteiger partial charge in [0.15, 0.2) is 0 Å². The zero-order valence-corrected chi connectivity index (χ0v) is 89.3. The Balaban J connectivity index is 0.946. The molecule has 760 valence electrons.